The maximum absolute atomic E-state index is 11.5. The first kappa shape index (κ1) is 13.7. The van der Waals surface area contributed by atoms with E-state index in [-0.39, 0.29) is 12.0 Å². The second kappa shape index (κ2) is 7.06. The number of aliphatic hydroxyl groups is 1. The Morgan fingerprint density at radius 2 is 2.41 bits per heavy atom. The van der Waals surface area contributed by atoms with Crippen LogP contribution in [0.2, 0.25) is 0 Å². The third-order valence-corrected chi connectivity index (χ3v) is 2.67. The van der Waals surface area contributed by atoms with E-state index in [9.17, 15) is 9.90 Å². The van der Waals surface area contributed by atoms with Crippen LogP contribution in [0.3, 0.4) is 0 Å². The van der Waals surface area contributed by atoms with Crippen molar-refractivity contribution in [3.63, 3.8) is 0 Å². The van der Waals surface area contributed by atoms with Crippen molar-refractivity contribution in [3.05, 3.63) is 18.0 Å². The number of carbonyl (C=O) groups excluding carboxylic acids is 1. The summed E-state index contributed by atoms with van der Waals surface area (Å²) in [4.78, 5) is 11.5. The molecule has 1 amide bonds. The largest absolute Gasteiger partial charge is 0.393 e. The van der Waals surface area contributed by atoms with E-state index in [1.165, 1.54) is 0 Å². The average Bonchev–Trinajstić information content (AvgIpc) is 2.72. The molecule has 0 saturated carbocycles. The zero-order valence-corrected chi connectivity index (χ0v) is 10.5. The van der Waals surface area contributed by atoms with Gasteiger partial charge in [-0.2, -0.15) is 5.10 Å². The van der Waals surface area contributed by atoms with Crippen LogP contribution >= 0.6 is 0 Å². The number of aliphatic hydroxyl groups excluding tert-OH is 1. The van der Waals surface area contributed by atoms with Gasteiger partial charge in [0, 0.05) is 26.2 Å². The van der Waals surface area contributed by atoms with E-state index in [2.05, 4.69) is 10.4 Å². The van der Waals surface area contributed by atoms with Crippen LogP contribution in [-0.4, -0.2) is 33.4 Å². The molecule has 0 aliphatic carbocycles. The number of hydrogen-bond acceptors (Lipinski definition) is 3. The van der Waals surface area contributed by atoms with Crippen LogP contribution in [-0.2, 0) is 18.3 Å². The summed E-state index contributed by atoms with van der Waals surface area (Å²) in [6, 6.07) is 0. The van der Waals surface area contributed by atoms with Crippen LogP contribution in [0, 0.1) is 0 Å². The van der Waals surface area contributed by atoms with E-state index in [1.54, 1.807) is 10.9 Å². The third kappa shape index (κ3) is 5.49. The minimum atomic E-state index is -0.311. The van der Waals surface area contributed by atoms with Gasteiger partial charge in [-0.15, -0.1) is 0 Å². The second-order valence-electron chi connectivity index (χ2n) is 4.22. The molecule has 5 nitrogen and oxygen atoms in total. The molecule has 1 unspecified atom stereocenters. The number of nitrogens with zero attached hydrogens (tertiary/aromatic N) is 2. The van der Waals surface area contributed by atoms with E-state index in [1.807, 2.05) is 20.2 Å². The van der Waals surface area contributed by atoms with Gasteiger partial charge < -0.3 is 10.4 Å². The summed E-state index contributed by atoms with van der Waals surface area (Å²) in [6.45, 7) is 2.47. The number of hydrogen-bond donors (Lipinski definition) is 2. The Morgan fingerprint density at radius 1 is 1.65 bits per heavy atom. The first-order valence-corrected chi connectivity index (χ1v) is 6.04. The van der Waals surface area contributed by atoms with Gasteiger partial charge >= 0.3 is 0 Å². The lowest BCUT2D eigenvalue weighted by Crippen LogP contribution is -2.27. The summed E-state index contributed by atoms with van der Waals surface area (Å²) in [5, 5.41) is 16.2. The lowest BCUT2D eigenvalue weighted by Gasteiger charge is -2.08. The van der Waals surface area contributed by atoms with Gasteiger partial charge in [0.1, 0.15) is 0 Å². The van der Waals surface area contributed by atoms with Gasteiger partial charge in [0.15, 0.2) is 0 Å². The Hall–Kier alpha value is -1.36. The summed E-state index contributed by atoms with van der Waals surface area (Å²) in [5.41, 5.74) is 1.07. The van der Waals surface area contributed by atoms with E-state index in [0.717, 1.165) is 12.0 Å². The monoisotopic (exact) mass is 239 g/mol. The molecular formula is C12H21N3O2. The van der Waals surface area contributed by atoms with Crippen LogP contribution in [0.25, 0.3) is 0 Å². The number of aromatic nitrogens is 2. The maximum atomic E-state index is 11.5. The molecule has 0 spiro atoms. The number of aryl methyl sites for hydroxylation is 2. The second-order valence-corrected chi connectivity index (χ2v) is 4.22. The Labute approximate surface area is 102 Å². The lowest BCUT2D eigenvalue weighted by atomic mass is 10.2. The number of carbonyl (C=O) groups is 1. The predicted molar refractivity (Wildman–Crippen MR) is 65.5 cm³/mol. The topological polar surface area (TPSA) is 67.2 Å². The molecule has 5 heteroatoms. The molecule has 1 rings (SSSR count). The molecule has 1 aromatic rings. The highest BCUT2D eigenvalue weighted by Crippen LogP contribution is 2.01. The summed E-state index contributed by atoms with van der Waals surface area (Å²) in [5.74, 6) is 0.0251. The highest BCUT2D eigenvalue weighted by molar-refractivity contribution is 5.76. The zero-order chi connectivity index (χ0) is 12.7. The van der Waals surface area contributed by atoms with Crippen LogP contribution in [0.1, 0.15) is 31.7 Å². The van der Waals surface area contributed by atoms with Crippen molar-refractivity contribution in [1.82, 2.24) is 15.1 Å². The highest BCUT2D eigenvalue weighted by atomic mass is 16.3. The Bertz CT molecular complexity index is 349. The Morgan fingerprint density at radius 3 is 3.00 bits per heavy atom. The standard InChI is InChI=1S/C12H21N3O2/c1-3-11(16)6-7-13-12(17)5-4-10-8-14-15(2)9-10/h8-9,11,16H,3-7H2,1-2H3,(H,13,17). The summed E-state index contributed by atoms with van der Waals surface area (Å²) in [6.07, 6.45) is 5.89. The molecule has 1 atom stereocenters. The minimum absolute atomic E-state index is 0.0251. The van der Waals surface area contributed by atoms with Crippen molar-refractivity contribution in [2.75, 3.05) is 6.54 Å². The fourth-order valence-corrected chi connectivity index (χ4v) is 1.53. The molecule has 0 saturated heterocycles. The smallest absolute Gasteiger partial charge is 0.220 e. The van der Waals surface area contributed by atoms with Gasteiger partial charge in [0.2, 0.25) is 5.91 Å². The van der Waals surface area contributed by atoms with Gasteiger partial charge in [0.05, 0.1) is 12.3 Å². The molecule has 0 fully saturated rings. The van der Waals surface area contributed by atoms with Gasteiger partial charge in [0.25, 0.3) is 0 Å². The van der Waals surface area contributed by atoms with Crippen molar-refractivity contribution in [3.8, 4) is 0 Å². The van der Waals surface area contributed by atoms with E-state index in [0.29, 0.717) is 25.8 Å². The maximum Gasteiger partial charge on any atom is 0.220 e. The highest BCUT2D eigenvalue weighted by Gasteiger charge is 2.05. The van der Waals surface area contributed by atoms with Crippen LogP contribution < -0.4 is 5.32 Å². The molecular weight excluding hydrogens is 218 g/mol. The molecule has 1 aromatic heterocycles. The van der Waals surface area contributed by atoms with E-state index in [4.69, 9.17) is 0 Å². The third-order valence-electron chi connectivity index (χ3n) is 2.67. The SMILES string of the molecule is CCC(O)CCNC(=O)CCc1cnn(C)c1. The molecule has 1 heterocycles. The van der Waals surface area contributed by atoms with Gasteiger partial charge in [-0.3, -0.25) is 9.48 Å². The predicted octanol–water partition coefficient (Wildman–Crippen LogP) is 0.630. The molecule has 96 valence electrons. The van der Waals surface area contributed by atoms with Crippen LogP contribution in [0.5, 0.6) is 0 Å². The lowest BCUT2D eigenvalue weighted by molar-refractivity contribution is -0.121. The van der Waals surface area contributed by atoms with Crippen molar-refractivity contribution in [1.29, 1.82) is 0 Å². The molecule has 0 bridgehead atoms. The summed E-state index contributed by atoms with van der Waals surface area (Å²) >= 11 is 0. The molecule has 0 aliphatic rings. The first-order chi connectivity index (χ1) is 8.11. The van der Waals surface area contributed by atoms with Gasteiger partial charge in [-0.1, -0.05) is 6.92 Å². The van der Waals surface area contributed by atoms with Gasteiger partial charge in [-0.25, -0.2) is 0 Å². The fourth-order valence-electron chi connectivity index (χ4n) is 1.53. The van der Waals surface area contributed by atoms with Crippen molar-refractivity contribution < 1.29 is 9.90 Å². The molecule has 0 aromatic carbocycles. The average molecular weight is 239 g/mol. The van der Waals surface area contributed by atoms with E-state index < -0.39 is 0 Å². The first-order valence-electron chi connectivity index (χ1n) is 6.04. The van der Waals surface area contributed by atoms with Crippen molar-refractivity contribution >= 4 is 5.91 Å². The Balaban J connectivity index is 2.13. The van der Waals surface area contributed by atoms with Crippen LogP contribution in [0.4, 0.5) is 0 Å². The number of nitrogens with one attached hydrogen (secondary N) is 1. The minimum Gasteiger partial charge on any atom is -0.393 e. The van der Waals surface area contributed by atoms with E-state index >= 15 is 0 Å². The van der Waals surface area contributed by atoms with Crippen molar-refractivity contribution in [2.24, 2.45) is 7.05 Å². The van der Waals surface area contributed by atoms with Crippen LogP contribution in [0.15, 0.2) is 12.4 Å². The summed E-state index contributed by atoms with van der Waals surface area (Å²) < 4.78 is 1.73. The van der Waals surface area contributed by atoms with Crippen molar-refractivity contribution in [2.45, 2.75) is 38.7 Å². The number of amides is 1. The molecule has 0 aliphatic heterocycles. The molecule has 17 heavy (non-hydrogen) atoms. The zero-order valence-electron chi connectivity index (χ0n) is 10.5. The fraction of sp³-hybridized carbons (Fsp3) is 0.667. The molecule has 2 N–H and O–H groups in total. The Kier molecular flexibility index (Phi) is 5.69. The normalized spacial score (nSPS) is 12.4. The quantitative estimate of drug-likeness (QED) is 0.733. The number of rotatable bonds is 7. The van der Waals surface area contributed by atoms with Gasteiger partial charge in [-0.05, 0) is 24.8 Å². The molecule has 0 radical (unpaired) electrons. The summed E-state index contributed by atoms with van der Waals surface area (Å²) in [7, 11) is 1.86.